The summed E-state index contributed by atoms with van der Waals surface area (Å²) in [5.74, 6) is 0. The summed E-state index contributed by atoms with van der Waals surface area (Å²) < 4.78 is 0. The number of nitrogens with zero attached hydrogens (tertiary/aromatic N) is 2. The van der Waals surface area contributed by atoms with Crippen LogP contribution >= 0.6 is 35.4 Å². The van der Waals surface area contributed by atoms with E-state index in [2.05, 4.69) is 29.2 Å². The van der Waals surface area contributed by atoms with Crippen molar-refractivity contribution in [3.63, 3.8) is 0 Å². The van der Waals surface area contributed by atoms with E-state index in [1.165, 1.54) is 0 Å². The molecule has 1 aromatic carbocycles. The number of para-hydroxylation sites is 1. The number of hydrogen-bond acceptors (Lipinski definition) is 2. The van der Waals surface area contributed by atoms with Gasteiger partial charge in [0.25, 0.3) is 0 Å². The van der Waals surface area contributed by atoms with Gasteiger partial charge in [-0.3, -0.25) is 0 Å². The number of halogens is 2. The normalized spacial score (nSPS) is 18.6. The minimum atomic E-state index is 0.450. The van der Waals surface area contributed by atoms with Gasteiger partial charge in [-0.05, 0) is 51.3 Å². The molecular formula is C14H19Cl2N3S. The van der Waals surface area contributed by atoms with Gasteiger partial charge in [0.2, 0.25) is 0 Å². The molecule has 110 valence electrons. The smallest absolute Gasteiger partial charge is 0.173 e. The number of likely N-dealkylation sites (tertiary alicyclic amines) is 1. The van der Waals surface area contributed by atoms with Crippen LogP contribution in [0.3, 0.4) is 0 Å². The van der Waals surface area contributed by atoms with Crippen molar-refractivity contribution in [2.75, 3.05) is 32.5 Å². The SMILES string of the molecule is CN(C)CC1CCCN1C(=S)Nc1c(Cl)cccc1Cl. The van der Waals surface area contributed by atoms with Crippen LogP contribution in [0, 0.1) is 0 Å². The summed E-state index contributed by atoms with van der Waals surface area (Å²) in [5.41, 5.74) is 0.691. The molecule has 0 saturated carbocycles. The second kappa shape index (κ2) is 6.94. The van der Waals surface area contributed by atoms with E-state index in [0.29, 0.717) is 26.9 Å². The fourth-order valence-corrected chi connectivity index (χ4v) is 3.34. The van der Waals surface area contributed by atoms with Crippen LogP contribution in [0.1, 0.15) is 12.8 Å². The highest BCUT2D eigenvalue weighted by atomic mass is 35.5. The monoisotopic (exact) mass is 331 g/mol. The lowest BCUT2D eigenvalue weighted by Gasteiger charge is -2.29. The summed E-state index contributed by atoms with van der Waals surface area (Å²) >= 11 is 17.9. The van der Waals surface area contributed by atoms with Crippen molar-refractivity contribution in [3.8, 4) is 0 Å². The van der Waals surface area contributed by atoms with Gasteiger partial charge in [0.1, 0.15) is 0 Å². The van der Waals surface area contributed by atoms with Gasteiger partial charge >= 0.3 is 0 Å². The van der Waals surface area contributed by atoms with Crippen LogP contribution in [-0.4, -0.2) is 48.1 Å². The molecule has 3 nitrogen and oxygen atoms in total. The number of benzene rings is 1. The molecule has 1 N–H and O–H groups in total. The van der Waals surface area contributed by atoms with Crippen molar-refractivity contribution >= 4 is 46.2 Å². The lowest BCUT2D eigenvalue weighted by molar-refractivity contribution is 0.288. The van der Waals surface area contributed by atoms with Crippen LogP contribution < -0.4 is 5.32 Å². The van der Waals surface area contributed by atoms with E-state index in [9.17, 15) is 0 Å². The Morgan fingerprint density at radius 3 is 2.65 bits per heavy atom. The van der Waals surface area contributed by atoms with Crippen LogP contribution in [0.5, 0.6) is 0 Å². The van der Waals surface area contributed by atoms with Crippen LogP contribution in [0.15, 0.2) is 18.2 Å². The molecule has 0 spiro atoms. The molecule has 2 rings (SSSR count). The average molecular weight is 332 g/mol. The molecule has 1 fully saturated rings. The largest absolute Gasteiger partial charge is 0.345 e. The Morgan fingerprint density at radius 2 is 2.05 bits per heavy atom. The maximum Gasteiger partial charge on any atom is 0.173 e. The van der Waals surface area contributed by atoms with Crippen LogP contribution in [0.25, 0.3) is 0 Å². The van der Waals surface area contributed by atoms with Gasteiger partial charge in [-0.25, -0.2) is 0 Å². The van der Waals surface area contributed by atoms with Crippen molar-refractivity contribution in [1.82, 2.24) is 9.80 Å². The molecule has 1 aliphatic heterocycles. The molecular weight excluding hydrogens is 313 g/mol. The van der Waals surface area contributed by atoms with Gasteiger partial charge in [0.15, 0.2) is 5.11 Å². The fourth-order valence-electron chi connectivity index (χ4n) is 2.51. The van der Waals surface area contributed by atoms with Gasteiger partial charge < -0.3 is 15.1 Å². The van der Waals surface area contributed by atoms with Gasteiger partial charge in [-0.15, -0.1) is 0 Å². The summed E-state index contributed by atoms with van der Waals surface area (Å²) in [6.45, 7) is 1.98. The van der Waals surface area contributed by atoms with Crippen molar-refractivity contribution in [3.05, 3.63) is 28.2 Å². The fraction of sp³-hybridized carbons (Fsp3) is 0.500. The molecule has 1 heterocycles. The molecule has 1 aromatic rings. The Bertz CT molecular complexity index is 473. The van der Waals surface area contributed by atoms with E-state index in [1.807, 2.05) is 6.07 Å². The molecule has 0 bridgehead atoms. The highest BCUT2D eigenvalue weighted by Gasteiger charge is 2.27. The Morgan fingerprint density at radius 1 is 1.40 bits per heavy atom. The number of nitrogens with one attached hydrogen (secondary N) is 1. The first-order chi connectivity index (χ1) is 9.49. The number of likely N-dealkylation sites (N-methyl/N-ethyl adjacent to an activating group) is 1. The Hall–Kier alpha value is -0.550. The zero-order valence-electron chi connectivity index (χ0n) is 11.7. The molecule has 1 aliphatic rings. The lowest BCUT2D eigenvalue weighted by Crippen LogP contribution is -2.43. The second-order valence-electron chi connectivity index (χ2n) is 5.28. The first-order valence-electron chi connectivity index (χ1n) is 6.65. The van der Waals surface area contributed by atoms with Crippen LogP contribution in [-0.2, 0) is 0 Å². The zero-order valence-corrected chi connectivity index (χ0v) is 14.0. The van der Waals surface area contributed by atoms with Crippen molar-refractivity contribution in [1.29, 1.82) is 0 Å². The van der Waals surface area contributed by atoms with Gasteiger partial charge in [-0.2, -0.15) is 0 Å². The van der Waals surface area contributed by atoms with Crippen LogP contribution in [0.4, 0.5) is 5.69 Å². The van der Waals surface area contributed by atoms with E-state index in [-0.39, 0.29) is 0 Å². The molecule has 1 atom stereocenters. The summed E-state index contributed by atoms with van der Waals surface area (Å²) in [6.07, 6.45) is 2.33. The minimum Gasteiger partial charge on any atom is -0.345 e. The average Bonchev–Trinajstić information content (AvgIpc) is 2.81. The second-order valence-corrected chi connectivity index (χ2v) is 6.48. The molecule has 1 saturated heterocycles. The summed E-state index contributed by atoms with van der Waals surface area (Å²) in [7, 11) is 4.16. The standard InChI is InChI=1S/C14H19Cl2N3S/c1-18(2)9-10-5-4-8-19(10)14(20)17-13-11(15)6-3-7-12(13)16/h3,6-7,10H,4-5,8-9H2,1-2H3,(H,17,20). The summed E-state index contributed by atoms with van der Waals surface area (Å²) in [4.78, 5) is 4.42. The maximum absolute atomic E-state index is 6.17. The predicted molar refractivity (Wildman–Crippen MR) is 91.0 cm³/mol. The molecule has 1 unspecified atom stereocenters. The summed E-state index contributed by atoms with van der Waals surface area (Å²) in [5, 5.41) is 5.07. The van der Waals surface area contributed by atoms with Crippen molar-refractivity contribution in [2.45, 2.75) is 18.9 Å². The number of anilines is 1. The molecule has 6 heteroatoms. The third kappa shape index (κ3) is 3.76. The predicted octanol–water partition coefficient (Wildman–Crippen LogP) is 3.72. The molecule has 0 amide bonds. The quantitative estimate of drug-likeness (QED) is 0.850. The third-order valence-electron chi connectivity index (χ3n) is 3.41. The third-order valence-corrected chi connectivity index (χ3v) is 4.38. The maximum atomic E-state index is 6.17. The summed E-state index contributed by atoms with van der Waals surface area (Å²) in [6, 6.07) is 5.88. The first kappa shape index (κ1) is 15.8. The molecule has 0 radical (unpaired) electrons. The minimum absolute atomic E-state index is 0.450. The first-order valence-corrected chi connectivity index (χ1v) is 7.82. The topological polar surface area (TPSA) is 18.5 Å². The van der Waals surface area contributed by atoms with E-state index >= 15 is 0 Å². The molecule has 0 aromatic heterocycles. The zero-order chi connectivity index (χ0) is 14.7. The Labute approximate surface area is 135 Å². The number of hydrogen-bond donors (Lipinski definition) is 1. The molecule has 20 heavy (non-hydrogen) atoms. The van der Waals surface area contributed by atoms with Crippen LogP contribution in [0.2, 0.25) is 10.0 Å². The number of thiocarbonyl (C=S) groups is 1. The molecule has 0 aliphatic carbocycles. The van der Waals surface area contributed by atoms with E-state index in [0.717, 1.165) is 25.9 Å². The highest BCUT2D eigenvalue weighted by molar-refractivity contribution is 7.80. The van der Waals surface area contributed by atoms with Crippen molar-refractivity contribution in [2.24, 2.45) is 0 Å². The Kier molecular flexibility index (Phi) is 5.49. The van der Waals surface area contributed by atoms with E-state index in [4.69, 9.17) is 35.4 Å². The van der Waals surface area contributed by atoms with Gasteiger partial charge in [-0.1, -0.05) is 29.3 Å². The van der Waals surface area contributed by atoms with Crippen molar-refractivity contribution < 1.29 is 0 Å². The number of rotatable bonds is 3. The van der Waals surface area contributed by atoms with Gasteiger partial charge in [0.05, 0.1) is 15.7 Å². The van der Waals surface area contributed by atoms with E-state index in [1.54, 1.807) is 12.1 Å². The van der Waals surface area contributed by atoms with Gasteiger partial charge in [0, 0.05) is 19.1 Å². The Balaban J connectivity index is 2.08. The lowest BCUT2D eigenvalue weighted by atomic mass is 10.2. The highest BCUT2D eigenvalue weighted by Crippen LogP contribution is 2.30. The van der Waals surface area contributed by atoms with E-state index < -0.39 is 0 Å².